The van der Waals surface area contributed by atoms with E-state index in [1.165, 1.54) is 0 Å². The maximum Gasteiger partial charge on any atom is 0.271 e. The third-order valence-corrected chi connectivity index (χ3v) is 6.30. The number of amides is 2. The average molecular weight is 395 g/mol. The Labute approximate surface area is 167 Å². The van der Waals surface area contributed by atoms with E-state index in [1.807, 2.05) is 24.0 Å². The van der Waals surface area contributed by atoms with Gasteiger partial charge in [-0.15, -0.1) is 21.5 Å². The van der Waals surface area contributed by atoms with Crippen LogP contribution in [0.25, 0.3) is 10.1 Å². The molecule has 1 N–H and O–H groups in total. The minimum Gasteiger partial charge on any atom is -0.354 e. The number of thiophene rings is 1. The first kappa shape index (κ1) is 18.4. The van der Waals surface area contributed by atoms with Crippen molar-refractivity contribution in [1.82, 2.24) is 20.4 Å². The number of carbonyl (C=O) groups is 2. The molecule has 1 aliphatic heterocycles. The van der Waals surface area contributed by atoms with Crippen LogP contribution in [0, 0.1) is 6.92 Å². The van der Waals surface area contributed by atoms with Crippen molar-refractivity contribution in [2.75, 3.05) is 38.1 Å². The summed E-state index contributed by atoms with van der Waals surface area (Å²) in [6, 6.07) is 11.6. The molecule has 3 heterocycles. The van der Waals surface area contributed by atoms with Crippen molar-refractivity contribution in [1.29, 1.82) is 0 Å². The largest absolute Gasteiger partial charge is 0.354 e. The number of aryl methyl sites for hydroxylation is 1. The van der Waals surface area contributed by atoms with Gasteiger partial charge in [0.1, 0.15) is 0 Å². The molecule has 0 aliphatic carbocycles. The second-order valence-corrected chi connectivity index (χ2v) is 7.74. The Morgan fingerprint density at radius 3 is 2.43 bits per heavy atom. The molecule has 1 fully saturated rings. The molecule has 2 aromatic heterocycles. The molecule has 8 heteroatoms. The maximum absolute atomic E-state index is 13.0. The van der Waals surface area contributed by atoms with Crippen LogP contribution in [0.1, 0.15) is 25.7 Å². The second-order valence-electron chi connectivity index (χ2n) is 6.69. The second kappa shape index (κ2) is 7.55. The molecule has 28 heavy (non-hydrogen) atoms. The monoisotopic (exact) mass is 395 g/mol. The van der Waals surface area contributed by atoms with Crippen molar-refractivity contribution >= 4 is 39.1 Å². The van der Waals surface area contributed by atoms with E-state index in [2.05, 4.69) is 32.5 Å². The number of piperazine rings is 1. The highest BCUT2D eigenvalue weighted by atomic mass is 32.1. The van der Waals surface area contributed by atoms with E-state index in [1.54, 1.807) is 30.5 Å². The standard InChI is InChI=1S/C20H21N5O2S/c1-13-14-5-3-4-6-16(14)28-18(13)20(27)25-11-9-24(10-12-25)17-8-7-15(22-23-17)19(26)21-2/h3-8H,9-12H2,1-2H3,(H,21,26). The van der Waals surface area contributed by atoms with Gasteiger partial charge in [-0.05, 0) is 36.1 Å². The van der Waals surface area contributed by atoms with Crippen LogP contribution in [0.2, 0.25) is 0 Å². The van der Waals surface area contributed by atoms with Gasteiger partial charge in [0.05, 0.1) is 4.88 Å². The molecule has 144 valence electrons. The number of benzene rings is 1. The van der Waals surface area contributed by atoms with Crippen molar-refractivity contribution < 1.29 is 9.59 Å². The topological polar surface area (TPSA) is 78.4 Å². The fourth-order valence-electron chi connectivity index (χ4n) is 3.40. The summed E-state index contributed by atoms with van der Waals surface area (Å²) in [4.78, 5) is 29.4. The van der Waals surface area contributed by atoms with Crippen LogP contribution in [0.4, 0.5) is 5.82 Å². The van der Waals surface area contributed by atoms with Crippen molar-refractivity contribution in [3.8, 4) is 0 Å². The predicted molar refractivity (Wildman–Crippen MR) is 110 cm³/mol. The zero-order chi connectivity index (χ0) is 19.7. The van der Waals surface area contributed by atoms with Crippen molar-refractivity contribution in [2.45, 2.75) is 6.92 Å². The minimum atomic E-state index is -0.256. The molecule has 0 spiro atoms. The number of aromatic nitrogens is 2. The van der Waals surface area contributed by atoms with Crippen LogP contribution in [0.5, 0.6) is 0 Å². The molecule has 3 aromatic rings. The van der Waals surface area contributed by atoms with Crippen LogP contribution in [0.3, 0.4) is 0 Å². The Hall–Kier alpha value is -3.00. The van der Waals surface area contributed by atoms with Crippen LogP contribution in [0.15, 0.2) is 36.4 Å². The highest BCUT2D eigenvalue weighted by molar-refractivity contribution is 7.21. The van der Waals surface area contributed by atoms with Gasteiger partial charge in [-0.2, -0.15) is 0 Å². The van der Waals surface area contributed by atoms with E-state index < -0.39 is 0 Å². The van der Waals surface area contributed by atoms with Crippen molar-refractivity contribution in [3.05, 3.63) is 52.5 Å². The summed E-state index contributed by atoms with van der Waals surface area (Å²) in [7, 11) is 1.56. The number of anilines is 1. The van der Waals surface area contributed by atoms with Crippen LogP contribution in [-0.2, 0) is 0 Å². The molecular formula is C20H21N5O2S. The van der Waals surface area contributed by atoms with Gasteiger partial charge < -0.3 is 15.1 Å². The number of nitrogens with zero attached hydrogens (tertiary/aromatic N) is 4. The summed E-state index contributed by atoms with van der Waals surface area (Å²) >= 11 is 1.56. The van der Waals surface area contributed by atoms with E-state index in [4.69, 9.17) is 0 Å². The third-order valence-electron chi connectivity index (χ3n) is 5.04. The van der Waals surface area contributed by atoms with E-state index in [0.29, 0.717) is 31.9 Å². The van der Waals surface area contributed by atoms with Gasteiger partial charge in [-0.25, -0.2) is 0 Å². The first-order valence-electron chi connectivity index (χ1n) is 9.16. The number of hydrogen-bond donors (Lipinski definition) is 1. The molecule has 0 atom stereocenters. The Bertz CT molecular complexity index is 1020. The van der Waals surface area contributed by atoms with Gasteiger partial charge in [-0.1, -0.05) is 18.2 Å². The molecule has 7 nitrogen and oxygen atoms in total. The lowest BCUT2D eigenvalue weighted by Crippen LogP contribution is -2.49. The highest BCUT2D eigenvalue weighted by Gasteiger charge is 2.26. The van der Waals surface area contributed by atoms with Gasteiger partial charge in [0.2, 0.25) is 0 Å². The molecule has 0 saturated carbocycles. The first-order valence-corrected chi connectivity index (χ1v) is 9.98. The molecule has 4 rings (SSSR count). The maximum atomic E-state index is 13.0. The summed E-state index contributed by atoms with van der Waals surface area (Å²) in [5, 5.41) is 11.8. The number of hydrogen-bond acceptors (Lipinski definition) is 6. The fourth-order valence-corrected chi connectivity index (χ4v) is 4.58. The van der Waals surface area contributed by atoms with Crippen molar-refractivity contribution in [2.24, 2.45) is 0 Å². The summed E-state index contributed by atoms with van der Waals surface area (Å²) < 4.78 is 1.15. The highest BCUT2D eigenvalue weighted by Crippen LogP contribution is 2.31. The number of fused-ring (bicyclic) bond motifs is 1. The van der Waals surface area contributed by atoms with Crippen LogP contribution < -0.4 is 10.2 Å². The Morgan fingerprint density at radius 2 is 1.79 bits per heavy atom. The molecule has 1 saturated heterocycles. The number of rotatable bonds is 3. The van der Waals surface area contributed by atoms with Crippen LogP contribution in [-0.4, -0.2) is 60.1 Å². The normalized spacial score (nSPS) is 14.4. The molecule has 1 aromatic carbocycles. The van der Waals surface area contributed by atoms with Gasteiger partial charge in [0.25, 0.3) is 11.8 Å². The Morgan fingerprint density at radius 1 is 1.04 bits per heavy atom. The lowest BCUT2D eigenvalue weighted by Gasteiger charge is -2.35. The summed E-state index contributed by atoms with van der Waals surface area (Å²) in [5.41, 5.74) is 1.35. The number of nitrogens with one attached hydrogen (secondary N) is 1. The van der Waals surface area contributed by atoms with E-state index in [9.17, 15) is 9.59 Å². The lowest BCUT2D eigenvalue weighted by molar-refractivity contribution is 0.0750. The minimum absolute atomic E-state index is 0.0967. The Kier molecular flexibility index (Phi) is 4.95. The molecule has 2 amide bonds. The first-order chi connectivity index (χ1) is 13.6. The lowest BCUT2D eigenvalue weighted by atomic mass is 10.1. The van der Waals surface area contributed by atoms with Gasteiger partial charge >= 0.3 is 0 Å². The Balaban J connectivity index is 1.44. The summed E-state index contributed by atoms with van der Waals surface area (Å²) in [6.45, 7) is 4.65. The number of carbonyl (C=O) groups excluding carboxylic acids is 2. The SMILES string of the molecule is CNC(=O)c1ccc(N2CCN(C(=O)c3sc4ccccc4c3C)CC2)nn1. The fraction of sp³-hybridized carbons (Fsp3) is 0.300. The molecular weight excluding hydrogens is 374 g/mol. The van der Waals surface area contributed by atoms with E-state index in [-0.39, 0.29) is 11.8 Å². The smallest absolute Gasteiger partial charge is 0.271 e. The van der Waals surface area contributed by atoms with Gasteiger partial charge in [-0.3, -0.25) is 9.59 Å². The van der Waals surface area contributed by atoms with Crippen molar-refractivity contribution in [3.63, 3.8) is 0 Å². The molecule has 0 bridgehead atoms. The van der Waals surface area contributed by atoms with Crippen LogP contribution >= 0.6 is 11.3 Å². The molecule has 0 unspecified atom stereocenters. The van der Waals surface area contributed by atoms with E-state index in [0.717, 1.165) is 26.3 Å². The quantitative estimate of drug-likeness (QED) is 0.736. The zero-order valence-corrected chi connectivity index (χ0v) is 16.6. The third kappa shape index (κ3) is 3.31. The predicted octanol–water partition coefficient (Wildman–Crippen LogP) is 2.32. The molecule has 0 radical (unpaired) electrons. The molecule has 1 aliphatic rings. The van der Waals surface area contributed by atoms with Gasteiger partial charge in [0.15, 0.2) is 11.5 Å². The summed E-state index contributed by atoms with van der Waals surface area (Å²) in [5.74, 6) is 0.561. The van der Waals surface area contributed by atoms with Gasteiger partial charge in [0, 0.05) is 37.9 Å². The van der Waals surface area contributed by atoms with E-state index >= 15 is 0 Å². The zero-order valence-electron chi connectivity index (χ0n) is 15.8. The average Bonchev–Trinajstić information content (AvgIpc) is 3.09. The summed E-state index contributed by atoms with van der Waals surface area (Å²) in [6.07, 6.45) is 0.